The number of hydrogen-bond donors (Lipinski definition) is 1. The number of rotatable bonds is 2. The lowest BCUT2D eigenvalue weighted by Gasteiger charge is -2.35. The molecule has 5 rings (SSSR count). The van der Waals surface area contributed by atoms with Gasteiger partial charge in [-0.05, 0) is 47.7 Å². The second kappa shape index (κ2) is 7.65. The summed E-state index contributed by atoms with van der Waals surface area (Å²) < 4.78 is 68.8. The number of Topliss-reactive ketones (excluding diaryl/α,β-unsaturated/α-hetero) is 1. The lowest BCUT2D eigenvalue weighted by molar-refractivity contribution is -0.145. The highest BCUT2D eigenvalue weighted by molar-refractivity contribution is 6.30. The maximum atomic E-state index is 14.0. The molecule has 0 radical (unpaired) electrons. The molecule has 11 heteroatoms. The predicted molar refractivity (Wildman–Crippen MR) is 109 cm³/mol. The van der Waals surface area contributed by atoms with Crippen molar-refractivity contribution in [2.45, 2.75) is 31.0 Å². The van der Waals surface area contributed by atoms with Crippen LogP contribution in [-0.4, -0.2) is 20.5 Å². The fraction of sp³-hybridized carbons (Fsp3) is 0.227. The first kappa shape index (κ1) is 21.6. The van der Waals surface area contributed by atoms with Gasteiger partial charge in [-0.15, -0.1) is 5.10 Å². The van der Waals surface area contributed by atoms with Crippen molar-refractivity contribution in [1.82, 2.24) is 14.8 Å². The van der Waals surface area contributed by atoms with E-state index in [1.807, 2.05) is 6.07 Å². The number of anilines is 1. The van der Waals surface area contributed by atoms with Gasteiger partial charge in [-0.1, -0.05) is 23.7 Å². The quantitative estimate of drug-likeness (QED) is 0.482. The Morgan fingerprint density at radius 1 is 1.03 bits per heavy atom. The average Bonchev–Trinajstić information content (AvgIpc) is 3.15. The van der Waals surface area contributed by atoms with E-state index in [2.05, 4.69) is 15.4 Å². The van der Waals surface area contributed by atoms with Crippen LogP contribution in [0.3, 0.4) is 0 Å². The van der Waals surface area contributed by atoms with E-state index in [1.54, 1.807) is 18.2 Å². The minimum atomic E-state index is -4.85. The summed E-state index contributed by atoms with van der Waals surface area (Å²) in [5.41, 5.74) is 1.18. The summed E-state index contributed by atoms with van der Waals surface area (Å²) in [6.07, 6.45) is -4.53. The zero-order valence-electron chi connectivity index (χ0n) is 16.6. The van der Waals surface area contributed by atoms with Crippen LogP contribution < -0.4 is 5.32 Å². The summed E-state index contributed by atoms with van der Waals surface area (Å²) in [5.74, 6) is -4.21. The minimum Gasteiger partial charge on any atom is -0.328 e. The van der Waals surface area contributed by atoms with E-state index in [4.69, 9.17) is 11.6 Å². The standard InChI is InChI=1S/C22H14ClF5N4O/c23-13-3-1-2-10(4-13)11-7-16-18(17(33)8-11)19(12-5-14(24)9-15(25)6-12)32-21(29-16)30-20(31-32)22(26,27)28/h1-6,9,11,19H,7-8H2,(H,29,30,31)/t11-,19+/m0/s1. The fourth-order valence-corrected chi connectivity index (χ4v) is 4.57. The Morgan fingerprint density at radius 3 is 2.42 bits per heavy atom. The van der Waals surface area contributed by atoms with E-state index in [-0.39, 0.29) is 41.6 Å². The fourth-order valence-electron chi connectivity index (χ4n) is 4.37. The number of fused-ring (bicyclic) bond motifs is 1. The highest BCUT2D eigenvalue weighted by Gasteiger charge is 2.43. The second-order valence-corrected chi connectivity index (χ2v) is 8.34. The van der Waals surface area contributed by atoms with Crippen LogP contribution in [0.5, 0.6) is 0 Å². The van der Waals surface area contributed by atoms with Crippen molar-refractivity contribution in [2.24, 2.45) is 0 Å². The number of allylic oxidation sites excluding steroid dienone is 2. The molecule has 0 saturated heterocycles. The molecule has 5 nitrogen and oxygen atoms in total. The molecule has 0 bridgehead atoms. The molecular weight excluding hydrogens is 467 g/mol. The number of nitrogens with zero attached hydrogens (tertiary/aromatic N) is 3. The SMILES string of the molecule is O=C1C[C@@H](c2cccc(Cl)c2)CC2=C1[C@@H](c1cc(F)cc(F)c1)n1nc(C(F)(F)F)nc1N2. The van der Waals surface area contributed by atoms with Crippen LogP contribution in [0.15, 0.2) is 53.7 Å². The number of carbonyl (C=O) groups is 1. The van der Waals surface area contributed by atoms with Gasteiger partial charge in [0.25, 0.3) is 5.82 Å². The third-order valence-electron chi connectivity index (χ3n) is 5.69. The van der Waals surface area contributed by atoms with Crippen LogP contribution in [0.25, 0.3) is 0 Å². The number of aromatic nitrogens is 3. The van der Waals surface area contributed by atoms with E-state index in [0.29, 0.717) is 16.8 Å². The molecule has 170 valence electrons. The molecule has 1 aromatic heterocycles. The molecule has 2 atom stereocenters. The monoisotopic (exact) mass is 480 g/mol. The number of alkyl halides is 3. The van der Waals surface area contributed by atoms with Gasteiger partial charge in [-0.2, -0.15) is 18.2 Å². The van der Waals surface area contributed by atoms with Crippen molar-refractivity contribution in [3.05, 3.63) is 87.3 Å². The lowest BCUT2D eigenvalue weighted by atomic mass is 9.78. The van der Waals surface area contributed by atoms with Gasteiger partial charge in [0.2, 0.25) is 5.95 Å². The van der Waals surface area contributed by atoms with Crippen molar-refractivity contribution < 1.29 is 26.7 Å². The highest BCUT2D eigenvalue weighted by Crippen LogP contribution is 2.45. The van der Waals surface area contributed by atoms with Gasteiger partial charge in [0, 0.05) is 28.8 Å². The van der Waals surface area contributed by atoms with E-state index in [9.17, 15) is 26.7 Å². The van der Waals surface area contributed by atoms with E-state index in [0.717, 1.165) is 22.4 Å². The molecule has 1 aliphatic carbocycles. The first-order valence-corrected chi connectivity index (χ1v) is 10.3. The molecule has 3 aromatic rings. The van der Waals surface area contributed by atoms with E-state index < -0.39 is 29.7 Å². The molecule has 1 N–H and O–H groups in total. The third kappa shape index (κ3) is 3.88. The number of ketones is 1. The van der Waals surface area contributed by atoms with Crippen molar-refractivity contribution in [3.63, 3.8) is 0 Å². The molecule has 0 unspecified atom stereocenters. The maximum absolute atomic E-state index is 14.0. The first-order chi connectivity index (χ1) is 15.6. The molecular formula is C22H14ClF5N4O. The molecule has 0 amide bonds. The van der Waals surface area contributed by atoms with Crippen LogP contribution in [0.1, 0.15) is 41.8 Å². The minimum absolute atomic E-state index is 0.0454. The summed E-state index contributed by atoms with van der Waals surface area (Å²) in [4.78, 5) is 16.8. The number of nitrogens with one attached hydrogen (secondary N) is 1. The summed E-state index contributed by atoms with van der Waals surface area (Å²) in [6.45, 7) is 0. The van der Waals surface area contributed by atoms with Crippen LogP contribution in [-0.2, 0) is 11.0 Å². The zero-order valence-corrected chi connectivity index (χ0v) is 17.4. The van der Waals surface area contributed by atoms with Crippen LogP contribution in [0, 0.1) is 11.6 Å². The smallest absolute Gasteiger partial charge is 0.328 e. The molecule has 0 spiro atoms. The third-order valence-corrected chi connectivity index (χ3v) is 5.93. The highest BCUT2D eigenvalue weighted by atomic mass is 35.5. The van der Waals surface area contributed by atoms with Crippen molar-refractivity contribution in [3.8, 4) is 0 Å². The summed E-state index contributed by atoms with van der Waals surface area (Å²) in [7, 11) is 0. The summed E-state index contributed by atoms with van der Waals surface area (Å²) >= 11 is 6.07. The number of halogens is 6. The molecule has 0 fully saturated rings. The van der Waals surface area contributed by atoms with Gasteiger partial charge in [0.15, 0.2) is 5.78 Å². The Balaban J connectivity index is 1.65. The van der Waals surface area contributed by atoms with Gasteiger partial charge in [-0.25, -0.2) is 13.5 Å². The van der Waals surface area contributed by atoms with Gasteiger partial charge >= 0.3 is 6.18 Å². The first-order valence-electron chi connectivity index (χ1n) is 9.88. The van der Waals surface area contributed by atoms with Crippen molar-refractivity contribution in [2.75, 3.05) is 5.32 Å². The molecule has 2 heterocycles. The Hall–Kier alpha value is -3.27. The van der Waals surface area contributed by atoms with Crippen LogP contribution in [0.4, 0.5) is 27.9 Å². The van der Waals surface area contributed by atoms with Gasteiger partial charge < -0.3 is 5.32 Å². The van der Waals surface area contributed by atoms with Crippen LogP contribution in [0.2, 0.25) is 5.02 Å². The van der Waals surface area contributed by atoms with Gasteiger partial charge in [0.05, 0.1) is 0 Å². The molecule has 1 aliphatic heterocycles. The second-order valence-electron chi connectivity index (χ2n) is 7.91. The summed E-state index contributed by atoms with van der Waals surface area (Å²) in [6, 6.07) is 8.27. The average molecular weight is 481 g/mol. The molecule has 2 aromatic carbocycles. The Morgan fingerprint density at radius 2 is 1.76 bits per heavy atom. The van der Waals surface area contributed by atoms with Crippen molar-refractivity contribution in [1.29, 1.82) is 0 Å². The van der Waals surface area contributed by atoms with Crippen molar-refractivity contribution >= 4 is 23.3 Å². The molecule has 33 heavy (non-hydrogen) atoms. The van der Waals surface area contributed by atoms with E-state index in [1.165, 1.54) is 0 Å². The maximum Gasteiger partial charge on any atom is 0.453 e. The molecule has 0 saturated carbocycles. The predicted octanol–water partition coefficient (Wildman–Crippen LogP) is 5.64. The largest absolute Gasteiger partial charge is 0.453 e. The topological polar surface area (TPSA) is 59.8 Å². The normalized spacial score (nSPS) is 20.4. The number of hydrogen-bond acceptors (Lipinski definition) is 4. The van der Waals surface area contributed by atoms with Gasteiger partial charge in [0.1, 0.15) is 17.7 Å². The van der Waals surface area contributed by atoms with Gasteiger partial charge in [-0.3, -0.25) is 4.79 Å². The Labute approximate surface area is 188 Å². The Bertz CT molecular complexity index is 1300. The zero-order chi connectivity index (χ0) is 23.5. The Kier molecular flexibility index (Phi) is 5.00. The molecule has 2 aliphatic rings. The van der Waals surface area contributed by atoms with E-state index >= 15 is 0 Å². The summed E-state index contributed by atoms with van der Waals surface area (Å²) in [5, 5.41) is 6.80. The number of benzene rings is 2. The number of carbonyl (C=O) groups excluding carboxylic acids is 1. The lowest BCUT2D eigenvalue weighted by Crippen LogP contribution is -2.33. The van der Waals surface area contributed by atoms with Crippen LogP contribution >= 0.6 is 11.6 Å².